The van der Waals surface area contributed by atoms with Gasteiger partial charge in [0, 0.05) is 30.0 Å². The predicted octanol–water partition coefficient (Wildman–Crippen LogP) is 5.48. The quantitative estimate of drug-likeness (QED) is 0.367. The van der Waals surface area contributed by atoms with Gasteiger partial charge in [-0.05, 0) is 74.9 Å². The Morgan fingerprint density at radius 3 is 2.34 bits per heavy atom. The minimum atomic E-state index is -3.53. The van der Waals surface area contributed by atoms with Gasteiger partial charge >= 0.3 is 0 Å². The fraction of sp³-hybridized carbons (Fsp3) is 0.517. The zero-order chi connectivity index (χ0) is 27.9. The van der Waals surface area contributed by atoms with Gasteiger partial charge in [0.25, 0.3) is 0 Å². The van der Waals surface area contributed by atoms with Crippen LogP contribution < -0.4 is 9.62 Å². The number of aryl methyl sites for hydroxylation is 2. The van der Waals surface area contributed by atoms with Crippen molar-refractivity contribution in [1.29, 1.82) is 0 Å². The highest BCUT2D eigenvalue weighted by Gasteiger charge is 2.28. The Morgan fingerprint density at radius 1 is 1.05 bits per heavy atom. The molecule has 0 unspecified atom stereocenters. The number of nitrogens with zero attached hydrogens (tertiary/aromatic N) is 2. The topological polar surface area (TPSA) is 86.8 Å². The van der Waals surface area contributed by atoms with Crippen LogP contribution in [0.2, 0.25) is 0 Å². The third kappa shape index (κ3) is 8.56. The standard InChI is InChI=1S/C29H40BrN3O4S/c1-21-12-13-22(2)27(19-21)33(38(4,36)37)18-8-11-28(34)32(20-24-14-16-25(30)17-15-24)23(3)29(35)31-26-9-6-5-7-10-26/h12-17,19,23,26H,5-11,18,20H2,1-4H3,(H,31,35)/t23-/m0/s1. The number of hydrogen-bond donors (Lipinski definition) is 1. The number of carbonyl (C=O) groups is 2. The fourth-order valence-corrected chi connectivity index (χ4v) is 6.19. The van der Waals surface area contributed by atoms with Crippen LogP contribution in [0.15, 0.2) is 46.9 Å². The SMILES string of the molecule is Cc1ccc(C)c(N(CCCC(=O)N(Cc2ccc(Br)cc2)[C@@H](C)C(=O)NC2CCCCC2)S(C)(=O)=O)c1. The van der Waals surface area contributed by atoms with Crippen molar-refractivity contribution in [3.8, 4) is 0 Å². The minimum absolute atomic E-state index is 0.133. The summed E-state index contributed by atoms with van der Waals surface area (Å²) >= 11 is 3.44. The van der Waals surface area contributed by atoms with E-state index in [-0.39, 0.29) is 30.8 Å². The highest BCUT2D eigenvalue weighted by molar-refractivity contribution is 9.10. The Bertz CT molecular complexity index is 1210. The average molecular weight is 607 g/mol. The van der Waals surface area contributed by atoms with Gasteiger partial charge in [-0.3, -0.25) is 13.9 Å². The molecule has 7 nitrogen and oxygen atoms in total. The summed E-state index contributed by atoms with van der Waals surface area (Å²) in [6, 6.07) is 12.9. The molecule has 1 atom stereocenters. The summed E-state index contributed by atoms with van der Waals surface area (Å²) in [6.07, 6.45) is 7.02. The molecule has 9 heteroatoms. The number of amides is 2. The van der Waals surface area contributed by atoms with Gasteiger partial charge in [-0.1, -0.05) is 59.5 Å². The number of sulfonamides is 1. The second kappa shape index (κ2) is 13.6. The second-order valence-corrected chi connectivity index (χ2v) is 13.2. The summed E-state index contributed by atoms with van der Waals surface area (Å²) in [6.45, 7) is 6.06. The molecule has 0 bridgehead atoms. The van der Waals surface area contributed by atoms with Crippen LogP contribution in [0.25, 0.3) is 0 Å². The van der Waals surface area contributed by atoms with Crippen molar-refractivity contribution in [2.75, 3.05) is 17.1 Å². The zero-order valence-corrected chi connectivity index (χ0v) is 25.3. The van der Waals surface area contributed by atoms with Crippen molar-refractivity contribution >= 4 is 43.5 Å². The number of benzene rings is 2. The monoisotopic (exact) mass is 605 g/mol. The van der Waals surface area contributed by atoms with Crippen molar-refractivity contribution in [3.63, 3.8) is 0 Å². The molecule has 0 heterocycles. The van der Waals surface area contributed by atoms with E-state index in [2.05, 4.69) is 21.2 Å². The van der Waals surface area contributed by atoms with E-state index in [9.17, 15) is 18.0 Å². The van der Waals surface area contributed by atoms with Gasteiger partial charge in [0.2, 0.25) is 21.8 Å². The van der Waals surface area contributed by atoms with Crippen molar-refractivity contribution in [2.24, 2.45) is 0 Å². The lowest BCUT2D eigenvalue weighted by Crippen LogP contribution is -2.50. The fourth-order valence-electron chi connectivity index (χ4n) is 4.91. The van der Waals surface area contributed by atoms with Crippen LogP contribution >= 0.6 is 15.9 Å². The molecule has 1 aliphatic rings. The van der Waals surface area contributed by atoms with Crippen molar-refractivity contribution in [3.05, 3.63) is 63.6 Å². The molecule has 0 aliphatic heterocycles. The average Bonchev–Trinajstić information content (AvgIpc) is 2.87. The summed E-state index contributed by atoms with van der Waals surface area (Å²) < 4.78 is 27.6. The molecule has 38 heavy (non-hydrogen) atoms. The number of halogens is 1. The third-order valence-electron chi connectivity index (χ3n) is 7.17. The maximum atomic E-state index is 13.5. The van der Waals surface area contributed by atoms with E-state index in [1.165, 1.54) is 17.0 Å². The molecule has 2 amide bonds. The molecule has 0 spiro atoms. The normalized spacial score (nSPS) is 15.1. The summed E-state index contributed by atoms with van der Waals surface area (Å²) in [5.74, 6) is -0.316. The number of nitrogens with one attached hydrogen (secondary N) is 1. The first-order valence-corrected chi connectivity index (χ1v) is 16.0. The molecular weight excluding hydrogens is 566 g/mol. The van der Waals surface area contributed by atoms with Gasteiger partial charge in [0.1, 0.15) is 6.04 Å². The number of carbonyl (C=O) groups excluding carboxylic acids is 2. The highest BCUT2D eigenvalue weighted by Crippen LogP contribution is 2.25. The first-order chi connectivity index (χ1) is 18.0. The Morgan fingerprint density at radius 2 is 1.71 bits per heavy atom. The predicted molar refractivity (Wildman–Crippen MR) is 157 cm³/mol. The van der Waals surface area contributed by atoms with E-state index >= 15 is 0 Å². The summed E-state index contributed by atoms with van der Waals surface area (Å²) in [5.41, 5.74) is 3.38. The smallest absolute Gasteiger partial charge is 0.242 e. The minimum Gasteiger partial charge on any atom is -0.352 e. The van der Waals surface area contributed by atoms with Gasteiger partial charge in [0.15, 0.2) is 0 Å². The van der Waals surface area contributed by atoms with E-state index in [0.717, 1.165) is 46.8 Å². The summed E-state index contributed by atoms with van der Waals surface area (Å²) in [5, 5.41) is 3.15. The molecular formula is C29H40BrN3O4S. The molecule has 2 aromatic carbocycles. The molecule has 0 aromatic heterocycles. The van der Waals surface area contributed by atoms with Crippen LogP contribution in [-0.4, -0.2) is 50.0 Å². The molecule has 3 rings (SSSR count). The number of hydrogen-bond acceptors (Lipinski definition) is 4. The molecule has 2 aromatic rings. The Balaban J connectivity index is 1.73. The maximum absolute atomic E-state index is 13.5. The van der Waals surface area contributed by atoms with Crippen LogP contribution in [-0.2, 0) is 26.2 Å². The molecule has 1 N–H and O–H groups in total. The highest BCUT2D eigenvalue weighted by atomic mass is 79.9. The Hall–Kier alpha value is -2.39. The molecule has 0 radical (unpaired) electrons. The first kappa shape index (κ1) is 30.2. The van der Waals surface area contributed by atoms with E-state index in [4.69, 9.17) is 0 Å². The van der Waals surface area contributed by atoms with Gasteiger partial charge in [0.05, 0.1) is 11.9 Å². The molecule has 1 fully saturated rings. The summed E-state index contributed by atoms with van der Waals surface area (Å²) in [4.78, 5) is 28.3. The Labute approximate surface area is 236 Å². The van der Waals surface area contributed by atoms with E-state index in [1.54, 1.807) is 11.8 Å². The second-order valence-electron chi connectivity index (χ2n) is 10.4. The van der Waals surface area contributed by atoms with Crippen LogP contribution in [0.3, 0.4) is 0 Å². The molecule has 0 saturated heterocycles. The van der Waals surface area contributed by atoms with Crippen molar-refractivity contribution < 1.29 is 18.0 Å². The van der Waals surface area contributed by atoms with Gasteiger partial charge in [-0.25, -0.2) is 8.42 Å². The lowest BCUT2D eigenvalue weighted by atomic mass is 9.95. The van der Waals surface area contributed by atoms with Crippen LogP contribution in [0, 0.1) is 13.8 Å². The molecule has 1 saturated carbocycles. The maximum Gasteiger partial charge on any atom is 0.242 e. The van der Waals surface area contributed by atoms with E-state index in [0.29, 0.717) is 18.7 Å². The van der Waals surface area contributed by atoms with Crippen molar-refractivity contribution in [2.45, 2.75) is 84.3 Å². The first-order valence-electron chi connectivity index (χ1n) is 13.3. The number of anilines is 1. The molecule has 1 aliphatic carbocycles. The van der Waals surface area contributed by atoms with Gasteiger partial charge in [-0.15, -0.1) is 0 Å². The summed E-state index contributed by atoms with van der Waals surface area (Å²) in [7, 11) is -3.53. The van der Waals surface area contributed by atoms with Gasteiger partial charge in [-0.2, -0.15) is 0 Å². The van der Waals surface area contributed by atoms with Crippen molar-refractivity contribution in [1.82, 2.24) is 10.2 Å². The van der Waals surface area contributed by atoms with Crippen LogP contribution in [0.4, 0.5) is 5.69 Å². The molecule has 208 valence electrons. The van der Waals surface area contributed by atoms with Crippen LogP contribution in [0.1, 0.15) is 68.6 Å². The Kier molecular flexibility index (Phi) is 10.8. The van der Waals surface area contributed by atoms with Crippen LogP contribution in [0.5, 0.6) is 0 Å². The van der Waals surface area contributed by atoms with E-state index < -0.39 is 16.1 Å². The lowest BCUT2D eigenvalue weighted by Gasteiger charge is -2.31. The third-order valence-corrected chi connectivity index (χ3v) is 8.88. The lowest BCUT2D eigenvalue weighted by molar-refractivity contribution is -0.141. The largest absolute Gasteiger partial charge is 0.352 e. The van der Waals surface area contributed by atoms with E-state index in [1.807, 2.05) is 56.3 Å². The van der Waals surface area contributed by atoms with Gasteiger partial charge < -0.3 is 10.2 Å². The number of rotatable bonds is 11. The zero-order valence-electron chi connectivity index (χ0n) is 22.9.